The summed E-state index contributed by atoms with van der Waals surface area (Å²) in [4.78, 5) is 0. The minimum absolute atomic E-state index is 0.915. The molecule has 0 spiro atoms. The van der Waals surface area contributed by atoms with Crippen LogP contribution in [0.5, 0.6) is 0 Å². The summed E-state index contributed by atoms with van der Waals surface area (Å²) >= 11 is 0. The molecular weight excluding hydrogens is 737 g/mol. The van der Waals surface area contributed by atoms with Crippen LogP contribution in [0.1, 0.15) is 0 Å². The third kappa shape index (κ3) is 4.61. The third-order valence-electron chi connectivity index (χ3n) is 13.6. The van der Waals surface area contributed by atoms with Crippen molar-refractivity contribution in [3.8, 4) is 33.4 Å². The van der Waals surface area contributed by atoms with Crippen molar-refractivity contribution in [2.45, 2.75) is 0 Å². The van der Waals surface area contributed by atoms with E-state index in [9.17, 15) is 0 Å². The van der Waals surface area contributed by atoms with Crippen molar-refractivity contribution in [3.05, 3.63) is 206 Å². The van der Waals surface area contributed by atoms with Crippen LogP contribution in [0.25, 0.3) is 141 Å². The van der Waals surface area contributed by atoms with Crippen LogP contribution in [0, 0.1) is 0 Å². The van der Waals surface area contributed by atoms with E-state index in [-0.39, 0.29) is 0 Å². The Bertz CT molecular complexity index is 4170. The maximum Gasteiger partial charge on any atom is 0.143 e. The lowest BCUT2D eigenvalue weighted by atomic mass is 9.85. The van der Waals surface area contributed by atoms with Crippen LogP contribution >= 0.6 is 0 Å². The molecule has 0 atom stereocenters. The van der Waals surface area contributed by atoms with E-state index in [1.165, 1.54) is 109 Å². The van der Waals surface area contributed by atoms with Crippen LogP contribution in [0.2, 0.25) is 0 Å². The van der Waals surface area contributed by atoms with Crippen molar-refractivity contribution in [3.63, 3.8) is 0 Å². The molecule has 0 aliphatic rings. The second kappa shape index (κ2) is 12.3. The van der Waals surface area contributed by atoms with Crippen LogP contribution in [0.15, 0.2) is 211 Å². The number of furan rings is 1. The Morgan fingerprint density at radius 3 is 1.54 bits per heavy atom. The van der Waals surface area contributed by atoms with Gasteiger partial charge < -0.3 is 4.42 Å². The Kier molecular flexibility index (Phi) is 6.62. The van der Waals surface area contributed by atoms with E-state index in [1.54, 1.807) is 0 Å². The Hall–Kier alpha value is -8.00. The summed E-state index contributed by atoms with van der Waals surface area (Å²) < 4.78 is 7.27. The van der Waals surface area contributed by atoms with Gasteiger partial charge in [0.1, 0.15) is 11.2 Å². The Morgan fingerprint density at radius 2 is 0.738 bits per heavy atom. The SMILES string of the molecule is c1ccc2cc(-c3ccc4ccc5c(-c6ccc(-c7cc8ccc9ccccc9c8c8ccccc78)c7oc8c9ccccc9ccc8c67)ccc6ccc3c4c65)ccc2c1. The van der Waals surface area contributed by atoms with Gasteiger partial charge in [0.25, 0.3) is 0 Å². The average Bonchev–Trinajstić information content (AvgIpc) is 3.73. The van der Waals surface area contributed by atoms with Gasteiger partial charge in [-0.1, -0.05) is 182 Å². The fourth-order valence-corrected chi connectivity index (χ4v) is 10.8. The summed E-state index contributed by atoms with van der Waals surface area (Å²) in [7, 11) is 0. The molecule has 0 saturated carbocycles. The van der Waals surface area contributed by atoms with E-state index >= 15 is 0 Å². The highest BCUT2D eigenvalue weighted by molar-refractivity contribution is 6.31. The van der Waals surface area contributed by atoms with E-state index in [0.29, 0.717) is 0 Å². The first-order chi connectivity index (χ1) is 30.2. The van der Waals surface area contributed by atoms with Gasteiger partial charge in [-0.2, -0.15) is 0 Å². The minimum Gasteiger partial charge on any atom is -0.455 e. The summed E-state index contributed by atoms with van der Waals surface area (Å²) in [6.07, 6.45) is 0. The highest BCUT2D eigenvalue weighted by Gasteiger charge is 2.23. The number of hydrogen-bond donors (Lipinski definition) is 0. The molecule has 0 bridgehead atoms. The van der Waals surface area contributed by atoms with Crippen LogP contribution < -0.4 is 0 Å². The monoisotopic (exact) mass is 770 g/mol. The molecule has 0 saturated heterocycles. The Labute approximate surface area is 350 Å². The molecule has 14 aromatic rings. The predicted octanol–water partition coefficient (Wildman–Crippen LogP) is 17.3. The van der Waals surface area contributed by atoms with Gasteiger partial charge in [-0.05, 0) is 133 Å². The zero-order valence-corrected chi connectivity index (χ0v) is 33.0. The number of rotatable bonds is 3. The van der Waals surface area contributed by atoms with E-state index in [2.05, 4.69) is 206 Å². The minimum atomic E-state index is 0.915. The average molecular weight is 771 g/mol. The lowest BCUT2D eigenvalue weighted by Gasteiger charge is -2.18. The molecule has 13 aromatic carbocycles. The first-order valence-electron chi connectivity index (χ1n) is 21.2. The van der Waals surface area contributed by atoms with Crippen LogP contribution in [0.3, 0.4) is 0 Å². The van der Waals surface area contributed by atoms with Gasteiger partial charge in [0.05, 0.1) is 0 Å². The Balaban J connectivity index is 1.07. The molecule has 0 aliphatic heterocycles. The summed E-state index contributed by atoms with van der Waals surface area (Å²) in [6.45, 7) is 0. The van der Waals surface area contributed by atoms with Gasteiger partial charge in [0.2, 0.25) is 0 Å². The molecule has 0 radical (unpaired) electrons. The first kappa shape index (κ1) is 32.9. The lowest BCUT2D eigenvalue weighted by molar-refractivity contribution is 0.674. The third-order valence-corrected chi connectivity index (χ3v) is 13.6. The number of benzene rings is 13. The molecule has 0 N–H and O–H groups in total. The molecular formula is C60H34O. The van der Waals surface area contributed by atoms with Crippen molar-refractivity contribution < 1.29 is 4.42 Å². The molecule has 1 heterocycles. The Morgan fingerprint density at radius 1 is 0.213 bits per heavy atom. The molecule has 0 unspecified atom stereocenters. The molecule has 0 fully saturated rings. The molecule has 0 amide bonds. The normalized spacial score (nSPS) is 12.3. The first-order valence-corrected chi connectivity index (χ1v) is 21.2. The van der Waals surface area contributed by atoms with Crippen LogP contribution in [0.4, 0.5) is 0 Å². The summed E-state index contributed by atoms with van der Waals surface area (Å²) in [6, 6.07) is 76.3. The largest absolute Gasteiger partial charge is 0.455 e. The maximum absolute atomic E-state index is 7.27. The second-order valence-corrected chi connectivity index (χ2v) is 16.7. The predicted molar refractivity (Wildman–Crippen MR) is 261 cm³/mol. The topological polar surface area (TPSA) is 13.1 Å². The van der Waals surface area contributed by atoms with E-state index < -0.39 is 0 Å². The van der Waals surface area contributed by atoms with Gasteiger partial charge in [-0.25, -0.2) is 0 Å². The highest BCUT2D eigenvalue weighted by atomic mass is 16.3. The summed E-state index contributed by atoms with van der Waals surface area (Å²) in [5.74, 6) is 0. The smallest absolute Gasteiger partial charge is 0.143 e. The fourth-order valence-electron chi connectivity index (χ4n) is 10.8. The number of hydrogen-bond acceptors (Lipinski definition) is 1. The zero-order chi connectivity index (χ0) is 39.8. The maximum atomic E-state index is 7.27. The van der Waals surface area contributed by atoms with Crippen molar-refractivity contribution in [2.75, 3.05) is 0 Å². The van der Waals surface area contributed by atoms with Gasteiger partial charge in [0, 0.05) is 21.7 Å². The van der Waals surface area contributed by atoms with Gasteiger partial charge >= 0.3 is 0 Å². The van der Waals surface area contributed by atoms with Crippen LogP contribution in [-0.4, -0.2) is 0 Å². The van der Waals surface area contributed by atoms with E-state index in [1.807, 2.05) is 0 Å². The standard InChI is InChI=1S/C60H34O/c1-2-12-40-33-41(19-17-35(40)9-1)43-26-22-38-25-29-50-47(27-23-39-24-28-49(43)56(38)57(39)50)51-31-32-52(60-58(51)53-30-21-37-11-4-6-14-45(37)59(53)61-60)54-34-42-20-18-36-10-3-5-13-44(36)55(42)48-16-8-7-15-46(48)54/h1-34H. The van der Waals surface area contributed by atoms with Crippen molar-refractivity contribution >= 4 is 108 Å². The van der Waals surface area contributed by atoms with Gasteiger partial charge in [-0.15, -0.1) is 0 Å². The summed E-state index contributed by atoms with van der Waals surface area (Å²) in [5.41, 5.74) is 9.00. The van der Waals surface area contributed by atoms with Crippen molar-refractivity contribution in [1.29, 1.82) is 0 Å². The molecule has 14 rings (SSSR count). The molecule has 1 aromatic heterocycles. The van der Waals surface area contributed by atoms with E-state index in [4.69, 9.17) is 4.42 Å². The molecule has 280 valence electrons. The highest BCUT2D eigenvalue weighted by Crippen LogP contribution is 2.49. The quantitative estimate of drug-likeness (QED) is 0.163. The summed E-state index contributed by atoms with van der Waals surface area (Å²) in [5, 5.41) is 22.2. The van der Waals surface area contributed by atoms with Crippen molar-refractivity contribution in [1.82, 2.24) is 0 Å². The molecule has 1 heteroatoms. The second-order valence-electron chi connectivity index (χ2n) is 16.7. The number of fused-ring (bicyclic) bond motifs is 11. The van der Waals surface area contributed by atoms with Crippen molar-refractivity contribution in [2.24, 2.45) is 0 Å². The zero-order valence-electron chi connectivity index (χ0n) is 33.0. The molecule has 1 nitrogen and oxygen atoms in total. The van der Waals surface area contributed by atoms with Crippen LogP contribution in [-0.2, 0) is 0 Å². The lowest BCUT2D eigenvalue weighted by Crippen LogP contribution is -1.91. The molecule has 61 heavy (non-hydrogen) atoms. The molecule has 0 aliphatic carbocycles. The van der Waals surface area contributed by atoms with Gasteiger partial charge in [0.15, 0.2) is 0 Å². The van der Waals surface area contributed by atoms with Gasteiger partial charge in [-0.3, -0.25) is 0 Å². The fraction of sp³-hybridized carbons (Fsp3) is 0. The van der Waals surface area contributed by atoms with E-state index in [0.717, 1.165) is 32.9 Å².